The Morgan fingerprint density at radius 2 is 2.20 bits per heavy atom. The van der Waals surface area contributed by atoms with Crippen LogP contribution in [-0.2, 0) is 4.74 Å². The van der Waals surface area contributed by atoms with Gasteiger partial charge < -0.3 is 14.6 Å². The van der Waals surface area contributed by atoms with Crippen LogP contribution in [0.1, 0.15) is 25.6 Å². The van der Waals surface area contributed by atoms with Crippen molar-refractivity contribution in [2.45, 2.75) is 26.1 Å². The van der Waals surface area contributed by atoms with Crippen LogP contribution in [0.5, 0.6) is 5.75 Å². The van der Waals surface area contributed by atoms with Gasteiger partial charge in [0.05, 0.1) is 19.8 Å². The molecule has 1 heterocycles. The van der Waals surface area contributed by atoms with Crippen molar-refractivity contribution in [2.75, 3.05) is 13.7 Å². The molecule has 1 aromatic rings. The Hall–Kier alpha value is -1.13. The molecular weight excluding hydrogens is 194 g/mol. The Morgan fingerprint density at radius 3 is 2.80 bits per heavy atom. The third-order valence-corrected chi connectivity index (χ3v) is 1.92. The maximum absolute atomic E-state index is 9.81. The SMILES string of the molecule is COc1cccnc1C(O)COC(C)C. The van der Waals surface area contributed by atoms with Crippen LogP contribution in [0.25, 0.3) is 0 Å². The van der Waals surface area contributed by atoms with E-state index >= 15 is 0 Å². The van der Waals surface area contributed by atoms with E-state index in [0.717, 1.165) is 0 Å². The van der Waals surface area contributed by atoms with Gasteiger partial charge in [-0.15, -0.1) is 0 Å². The summed E-state index contributed by atoms with van der Waals surface area (Å²) in [5.41, 5.74) is 0.514. The average molecular weight is 211 g/mol. The molecule has 15 heavy (non-hydrogen) atoms. The molecule has 0 spiro atoms. The van der Waals surface area contributed by atoms with Crippen LogP contribution in [0.15, 0.2) is 18.3 Å². The second-order valence-electron chi connectivity index (χ2n) is 3.49. The molecule has 0 aliphatic rings. The molecule has 1 unspecified atom stereocenters. The lowest BCUT2D eigenvalue weighted by Crippen LogP contribution is -2.13. The highest BCUT2D eigenvalue weighted by atomic mass is 16.5. The zero-order valence-electron chi connectivity index (χ0n) is 9.30. The number of ether oxygens (including phenoxy) is 2. The largest absolute Gasteiger partial charge is 0.495 e. The van der Waals surface area contributed by atoms with E-state index in [4.69, 9.17) is 9.47 Å². The molecule has 0 saturated carbocycles. The summed E-state index contributed by atoms with van der Waals surface area (Å²) >= 11 is 0. The van der Waals surface area contributed by atoms with E-state index < -0.39 is 6.10 Å². The number of pyridine rings is 1. The van der Waals surface area contributed by atoms with Gasteiger partial charge in [-0.2, -0.15) is 0 Å². The second-order valence-corrected chi connectivity index (χ2v) is 3.49. The van der Waals surface area contributed by atoms with Gasteiger partial charge in [-0.25, -0.2) is 0 Å². The van der Waals surface area contributed by atoms with Crippen LogP contribution >= 0.6 is 0 Å². The molecule has 1 atom stereocenters. The second kappa shape index (κ2) is 5.68. The predicted octanol–water partition coefficient (Wildman–Crippen LogP) is 1.55. The van der Waals surface area contributed by atoms with Gasteiger partial charge in [0.25, 0.3) is 0 Å². The molecular formula is C11H17NO3. The van der Waals surface area contributed by atoms with E-state index in [1.54, 1.807) is 25.4 Å². The smallest absolute Gasteiger partial charge is 0.143 e. The maximum atomic E-state index is 9.81. The number of aliphatic hydroxyl groups is 1. The summed E-state index contributed by atoms with van der Waals surface area (Å²) < 4.78 is 10.4. The molecule has 0 aromatic carbocycles. The summed E-state index contributed by atoms with van der Waals surface area (Å²) in [6, 6.07) is 3.53. The molecule has 4 heteroatoms. The maximum Gasteiger partial charge on any atom is 0.143 e. The molecule has 1 rings (SSSR count). The van der Waals surface area contributed by atoms with Gasteiger partial charge in [-0.1, -0.05) is 0 Å². The van der Waals surface area contributed by atoms with Crippen molar-refractivity contribution in [1.29, 1.82) is 0 Å². The summed E-state index contributed by atoms with van der Waals surface area (Å²) in [5, 5.41) is 9.81. The van der Waals surface area contributed by atoms with E-state index in [9.17, 15) is 5.11 Å². The monoisotopic (exact) mass is 211 g/mol. The molecule has 0 bridgehead atoms. The fourth-order valence-electron chi connectivity index (χ4n) is 1.19. The molecule has 4 nitrogen and oxygen atoms in total. The Balaban J connectivity index is 2.68. The summed E-state index contributed by atoms with van der Waals surface area (Å²) in [6.45, 7) is 4.07. The van der Waals surface area contributed by atoms with Crippen molar-refractivity contribution in [3.05, 3.63) is 24.0 Å². The quantitative estimate of drug-likeness (QED) is 0.802. The first-order valence-corrected chi connectivity index (χ1v) is 4.93. The van der Waals surface area contributed by atoms with Crippen LogP contribution in [0, 0.1) is 0 Å². The summed E-state index contributed by atoms with van der Waals surface area (Å²) in [4.78, 5) is 4.07. The Kier molecular flexibility index (Phi) is 4.52. The van der Waals surface area contributed by atoms with Gasteiger partial charge in [0.2, 0.25) is 0 Å². The van der Waals surface area contributed by atoms with Crippen LogP contribution < -0.4 is 4.74 Å². The van der Waals surface area contributed by atoms with Gasteiger partial charge in [-0.05, 0) is 26.0 Å². The third-order valence-electron chi connectivity index (χ3n) is 1.92. The first-order valence-electron chi connectivity index (χ1n) is 4.93. The number of hydrogen-bond acceptors (Lipinski definition) is 4. The molecule has 1 N–H and O–H groups in total. The van der Waals surface area contributed by atoms with Crippen LogP contribution in [-0.4, -0.2) is 29.9 Å². The van der Waals surface area contributed by atoms with E-state index in [1.165, 1.54) is 0 Å². The number of aliphatic hydroxyl groups excluding tert-OH is 1. The van der Waals surface area contributed by atoms with Gasteiger partial charge >= 0.3 is 0 Å². The molecule has 0 amide bonds. The normalized spacial score (nSPS) is 12.9. The molecule has 0 aliphatic carbocycles. The Morgan fingerprint density at radius 1 is 1.47 bits per heavy atom. The van der Waals surface area contributed by atoms with Crippen LogP contribution in [0.4, 0.5) is 0 Å². The van der Waals surface area contributed by atoms with Gasteiger partial charge in [0, 0.05) is 6.20 Å². The number of hydrogen-bond donors (Lipinski definition) is 1. The third kappa shape index (κ3) is 3.49. The first-order chi connectivity index (χ1) is 7.15. The van der Waals surface area contributed by atoms with Crippen LogP contribution in [0.2, 0.25) is 0 Å². The minimum Gasteiger partial charge on any atom is -0.495 e. The first kappa shape index (κ1) is 11.9. The Bertz CT molecular complexity index is 302. The number of nitrogens with zero attached hydrogens (tertiary/aromatic N) is 1. The predicted molar refractivity (Wildman–Crippen MR) is 56.8 cm³/mol. The minimum atomic E-state index is -0.747. The van der Waals surface area contributed by atoms with E-state index in [1.807, 2.05) is 13.8 Å². The van der Waals surface area contributed by atoms with Gasteiger partial charge in [0.1, 0.15) is 17.5 Å². The van der Waals surface area contributed by atoms with Gasteiger partial charge in [-0.3, -0.25) is 4.98 Å². The lowest BCUT2D eigenvalue weighted by Gasteiger charge is -2.15. The van der Waals surface area contributed by atoms with Gasteiger partial charge in [0.15, 0.2) is 0 Å². The zero-order chi connectivity index (χ0) is 11.3. The highest BCUT2D eigenvalue weighted by Gasteiger charge is 2.14. The molecule has 84 valence electrons. The van der Waals surface area contributed by atoms with E-state index in [0.29, 0.717) is 11.4 Å². The summed E-state index contributed by atoms with van der Waals surface area (Å²) in [7, 11) is 1.55. The van der Waals surface area contributed by atoms with Crippen molar-refractivity contribution in [2.24, 2.45) is 0 Å². The highest BCUT2D eigenvalue weighted by molar-refractivity contribution is 5.28. The summed E-state index contributed by atoms with van der Waals surface area (Å²) in [6.07, 6.45) is 0.967. The topological polar surface area (TPSA) is 51.6 Å². The fourth-order valence-corrected chi connectivity index (χ4v) is 1.19. The van der Waals surface area contributed by atoms with Crippen molar-refractivity contribution in [3.63, 3.8) is 0 Å². The van der Waals surface area contributed by atoms with E-state index in [-0.39, 0.29) is 12.7 Å². The zero-order valence-corrected chi connectivity index (χ0v) is 9.30. The minimum absolute atomic E-state index is 0.0920. The van der Waals surface area contributed by atoms with Crippen molar-refractivity contribution in [3.8, 4) is 5.75 Å². The highest BCUT2D eigenvalue weighted by Crippen LogP contribution is 2.22. The molecule has 0 saturated heterocycles. The lowest BCUT2D eigenvalue weighted by atomic mass is 10.2. The molecule has 0 radical (unpaired) electrons. The number of rotatable bonds is 5. The number of aromatic nitrogens is 1. The van der Waals surface area contributed by atoms with Crippen molar-refractivity contribution in [1.82, 2.24) is 4.98 Å². The molecule has 0 aliphatic heterocycles. The Labute approximate surface area is 89.9 Å². The van der Waals surface area contributed by atoms with Crippen molar-refractivity contribution >= 4 is 0 Å². The van der Waals surface area contributed by atoms with Crippen LogP contribution in [0.3, 0.4) is 0 Å². The molecule has 0 fully saturated rings. The summed E-state index contributed by atoms with van der Waals surface area (Å²) in [5.74, 6) is 0.581. The fraction of sp³-hybridized carbons (Fsp3) is 0.545. The standard InChI is InChI=1S/C11H17NO3/c1-8(2)15-7-9(13)11-10(14-3)5-4-6-12-11/h4-6,8-9,13H,7H2,1-3H3. The lowest BCUT2D eigenvalue weighted by molar-refractivity contribution is 0.00234. The molecule has 1 aromatic heterocycles. The average Bonchev–Trinajstić information content (AvgIpc) is 2.25. The number of methoxy groups -OCH3 is 1. The van der Waals surface area contributed by atoms with E-state index in [2.05, 4.69) is 4.98 Å². The van der Waals surface area contributed by atoms with Crippen molar-refractivity contribution < 1.29 is 14.6 Å².